The first-order chi connectivity index (χ1) is 16.9. The van der Waals surface area contributed by atoms with Gasteiger partial charge in [-0.1, -0.05) is 18.7 Å². The van der Waals surface area contributed by atoms with Crippen LogP contribution in [0.3, 0.4) is 0 Å². The Morgan fingerprint density at radius 3 is 2.54 bits per heavy atom. The molecule has 35 heavy (non-hydrogen) atoms. The van der Waals surface area contributed by atoms with Crippen molar-refractivity contribution in [3.8, 4) is 0 Å². The van der Waals surface area contributed by atoms with Gasteiger partial charge in [-0.25, -0.2) is 9.97 Å². The number of benzene rings is 2. The first kappa shape index (κ1) is 22.9. The van der Waals surface area contributed by atoms with Crippen LogP contribution >= 0.6 is 11.8 Å². The highest BCUT2D eigenvalue weighted by Crippen LogP contribution is 2.38. The van der Waals surface area contributed by atoms with Crippen LogP contribution in [0.4, 0.5) is 28.7 Å². The van der Waals surface area contributed by atoms with Crippen molar-refractivity contribution in [1.82, 2.24) is 9.97 Å². The average Bonchev–Trinajstić information content (AvgIpc) is 2.86. The number of carbonyl (C=O) groups is 1. The van der Waals surface area contributed by atoms with E-state index in [9.17, 15) is 14.9 Å². The first-order valence-corrected chi connectivity index (χ1v) is 12.2. The zero-order valence-electron chi connectivity index (χ0n) is 19.1. The Balaban J connectivity index is 1.29. The predicted molar refractivity (Wildman–Crippen MR) is 138 cm³/mol. The summed E-state index contributed by atoms with van der Waals surface area (Å²) < 4.78 is 0. The van der Waals surface area contributed by atoms with Gasteiger partial charge < -0.3 is 15.5 Å². The van der Waals surface area contributed by atoms with Crippen molar-refractivity contribution in [1.29, 1.82) is 0 Å². The third-order valence-electron chi connectivity index (χ3n) is 6.11. The van der Waals surface area contributed by atoms with E-state index >= 15 is 0 Å². The second kappa shape index (κ2) is 9.75. The first-order valence-electron chi connectivity index (χ1n) is 11.4. The van der Waals surface area contributed by atoms with Gasteiger partial charge in [0.2, 0.25) is 5.95 Å². The lowest BCUT2D eigenvalue weighted by atomic mass is 9.99. The Hall–Kier alpha value is -3.92. The summed E-state index contributed by atoms with van der Waals surface area (Å²) in [5.74, 6) is 0.954. The number of carbonyl (C=O) groups excluding carboxylic acids is 1. The Labute approximate surface area is 206 Å². The maximum absolute atomic E-state index is 12.5. The summed E-state index contributed by atoms with van der Waals surface area (Å²) >= 11 is 1.23. The van der Waals surface area contributed by atoms with E-state index in [-0.39, 0.29) is 11.6 Å². The van der Waals surface area contributed by atoms with Crippen molar-refractivity contribution in [2.45, 2.75) is 24.8 Å². The van der Waals surface area contributed by atoms with Crippen LogP contribution in [-0.2, 0) is 4.79 Å². The van der Waals surface area contributed by atoms with Crippen LogP contribution in [0.15, 0.2) is 64.7 Å². The number of non-ortho nitro benzene ring substituents is 1. The standard InChI is InChI=1S/C25H24N6O3S/c1-16-10-12-30(13-11-16)19-8-4-18(5-9-19)27-25-26-15-21-24(29-25)35-22(23(32)28-21)14-17-2-6-20(7-3-17)31(33)34/h2-9,14-16H,10-13H2,1H3,(H,28,32)(H,26,27,29). The second-order valence-corrected chi connectivity index (χ2v) is 9.70. The van der Waals surface area contributed by atoms with Gasteiger partial charge in [-0.2, -0.15) is 0 Å². The summed E-state index contributed by atoms with van der Waals surface area (Å²) in [5.41, 5.74) is 3.33. The molecule has 1 amide bonds. The number of aromatic nitrogens is 2. The van der Waals surface area contributed by atoms with E-state index in [2.05, 4.69) is 44.6 Å². The third-order valence-corrected chi connectivity index (χ3v) is 7.13. The molecule has 1 fully saturated rings. The summed E-state index contributed by atoms with van der Waals surface area (Å²) in [6.07, 6.45) is 5.71. The highest BCUT2D eigenvalue weighted by atomic mass is 32.2. The predicted octanol–water partition coefficient (Wildman–Crippen LogP) is 5.45. The van der Waals surface area contributed by atoms with E-state index < -0.39 is 4.92 Å². The van der Waals surface area contributed by atoms with Crippen LogP contribution < -0.4 is 15.5 Å². The number of nitro groups is 1. The van der Waals surface area contributed by atoms with Crippen molar-refractivity contribution < 1.29 is 9.72 Å². The summed E-state index contributed by atoms with van der Waals surface area (Å²) in [6, 6.07) is 14.3. The second-order valence-electron chi connectivity index (χ2n) is 8.67. The summed E-state index contributed by atoms with van der Waals surface area (Å²) in [5, 5.41) is 17.5. The molecule has 0 saturated carbocycles. The largest absolute Gasteiger partial charge is 0.372 e. The third kappa shape index (κ3) is 5.27. The number of piperidine rings is 1. The quantitative estimate of drug-likeness (QED) is 0.211. The Morgan fingerprint density at radius 1 is 1.14 bits per heavy atom. The number of nitro benzene ring substituents is 1. The molecule has 2 aliphatic rings. The molecule has 2 N–H and O–H groups in total. The molecule has 0 atom stereocenters. The van der Waals surface area contributed by atoms with Crippen LogP contribution in [0.5, 0.6) is 0 Å². The number of amides is 1. The monoisotopic (exact) mass is 488 g/mol. The molecular formula is C25H24N6O3S. The number of anilines is 4. The fraction of sp³-hybridized carbons (Fsp3) is 0.240. The molecule has 3 aromatic rings. The van der Waals surface area contributed by atoms with E-state index in [0.717, 1.165) is 24.7 Å². The van der Waals surface area contributed by atoms with Gasteiger partial charge in [0.05, 0.1) is 21.7 Å². The lowest BCUT2D eigenvalue weighted by molar-refractivity contribution is -0.384. The topological polar surface area (TPSA) is 113 Å². The number of rotatable bonds is 5. The lowest BCUT2D eigenvalue weighted by Gasteiger charge is -2.32. The zero-order valence-corrected chi connectivity index (χ0v) is 19.9. The number of hydrogen-bond acceptors (Lipinski definition) is 8. The highest BCUT2D eigenvalue weighted by Gasteiger charge is 2.23. The van der Waals surface area contributed by atoms with Crippen LogP contribution in [0.25, 0.3) is 6.08 Å². The maximum atomic E-state index is 12.5. The number of nitrogens with one attached hydrogen (secondary N) is 2. The molecule has 10 heteroatoms. The van der Waals surface area contributed by atoms with Crippen molar-refractivity contribution in [2.24, 2.45) is 5.92 Å². The van der Waals surface area contributed by atoms with Gasteiger partial charge in [-0.3, -0.25) is 14.9 Å². The number of fused-ring (bicyclic) bond motifs is 1. The van der Waals surface area contributed by atoms with Gasteiger partial charge in [-0.05, 0) is 66.8 Å². The molecule has 5 rings (SSSR count). The fourth-order valence-electron chi connectivity index (χ4n) is 4.01. The van der Waals surface area contributed by atoms with Crippen molar-refractivity contribution in [3.05, 3.63) is 75.3 Å². The molecule has 178 valence electrons. The molecule has 1 aromatic heterocycles. The van der Waals surface area contributed by atoms with E-state index in [4.69, 9.17) is 0 Å². The molecule has 2 aromatic carbocycles. The van der Waals surface area contributed by atoms with Crippen LogP contribution in [0, 0.1) is 16.0 Å². The molecule has 0 bridgehead atoms. The van der Waals surface area contributed by atoms with E-state index in [0.29, 0.717) is 27.1 Å². The Morgan fingerprint density at radius 2 is 1.86 bits per heavy atom. The van der Waals surface area contributed by atoms with Crippen molar-refractivity contribution >= 4 is 52.4 Å². The molecule has 1 saturated heterocycles. The van der Waals surface area contributed by atoms with Gasteiger partial charge in [0.15, 0.2) is 0 Å². The van der Waals surface area contributed by atoms with Gasteiger partial charge >= 0.3 is 0 Å². The molecule has 0 radical (unpaired) electrons. The smallest absolute Gasteiger partial charge is 0.269 e. The van der Waals surface area contributed by atoms with E-state index in [1.54, 1.807) is 24.4 Å². The van der Waals surface area contributed by atoms with Gasteiger partial charge in [-0.15, -0.1) is 0 Å². The molecule has 0 spiro atoms. The summed E-state index contributed by atoms with van der Waals surface area (Å²) in [7, 11) is 0. The number of hydrogen-bond donors (Lipinski definition) is 2. The van der Waals surface area contributed by atoms with Crippen LogP contribution in [0.2, 0.25) is 0 Å². The molecular weight excluding hydrogens is 464 g/mol. The minimum Gasteiger partial charge on any atom is -0.372 e. The fourth-order valence-corrected chi connectivity index (χ4v) is 4.91. The summed E-state index contributed by atoms with van der Waals surface area (Å²) in [6.45, 7) is 4.47. The van der Waals surface area contributed by atoms with Crippen LogP contribution in [-0.4, -0.2) is 33.9 Å². The number of thioether (sulfide) groups is 1. The molecule has 0 unspecified atom stereocenters. The maximum Gasteiger partial charge on any atom is 0.269 e. The summed E-state index contributed by atoms with van der Waals surface area (Å²) in [4.78, 5) is 34.7. The van der Waals surface area contributed by atoms with Gasteiger partial charge in [0.25, 0.3) is 11.6 Å². The Kier molecular flexibility index (Phi) is 6.37. The molecule has 2 aliphatic heterocycles. The Bertz CT molecular complexity index is 1290. The molecule has 0 aliphatic carbocycles. The van der Waals surface area contributed by atoms with Gasteiger partial charge in [0.1, 0.15) is 5.03 Å². The minimum absolute atomic E-state index is 0.000242. The van der Waals surface area contributed by atoms with Crippen molar-refractivity contribution in [2.75, 3.05) is 28.6 Å². The van der Waals surface area contributed by atoms with E-state index in [1.807, 2.05) is 12.1 Å². The zero-order chi connectivity index (χ0) is 24.4. The normalized spacial score (nSPS) is 17.1. The van der Waals surface area contributed by atoms with Crippen molar-refractivity contribution in [3.63, 3.8) is 0 Å². The molecule has 3 heterocycles. The average molecular weight is 489 g/mol. The van der Waals surface area contributed by atoms with Crippen LogP contribution in [0.1, 0.15) is 25.3 Å². The molecule has 9 nitrogen and oxygen atoms in total. The lowest BCUT2D eigenvalue weighted by Crippen LogP contribution is -2.32. The van der Waals surface area contributed by atoms with E-state index in [1.165, 1.54) is 42.4 Å². The van der Waals surface area contributed by atoms with Gasteiger partial charge in [0, 0.05) is 36.6 Å². The number of nitrogens with zero attached hydrogens (tertiary/aromatic N) is 4. The SMILES string of the molecule is CC1CCN(c2ccc(Nc3ncc4c(n3)SC(=Cc3ccc([N+](=O)[O-])cc3)C(=O)N4)cc2)CC1. The minimum atomic E-state index is -0.456. The highest BCUT2D eigenvalue weighted by molar-refractivity contribution is 8.04.